The molecule has 0 unspecified atom stereocenters. The molecule has 0 fully saturated rings. The summed E-state index contributed by atoms with van der Waals surface area (Å²) in [5, 5.41) is 19.7. The molecule has 0 bridgehead atoms. The monoisotopic (exact) mass is 647 g/mol. The Morgan fingerprint density at radius 2 is 1.02 bits per heavy atom. The minimum Gasteiger partial charge on any atom is -0.463 e. The third kappa shape index (κ3) is 34.7. The molecule has 0 amide bonds. The maximum Gasteiger partial charge on any atom is 0.305 e. The number of hydrogen-bond donors (Lipinski definition) is 2. The summed E-state index contributed by atoms with van der Waals surface area (Å²) in [5.74, 6) is 0.176. The summed E-state index contributed by atoms with van der Waals surface area (Å²) in [4.78, 5) is 23.9. The van der Waals surface area contributed by atoms with Gasteiger partial charge in [0.25, 0.3) is 0 Å². The van der Waals surface area contributed by atoms with Crippen molar-refractivity contribution in [1.29, 1.82) is 0 Å². The molecule has 0 aliphatic rings. The van der Waals surface area contributed by atoms with E-state index in [0.717, 1.165) is 70.1 Å². The van der Waals surface area contributed by atoms with E-state index in [9.17, 15) is 19.8 Å². The van der Waals surface area contributed by atoms with Crippen LogP contribution in [0, 0.1) is 5.92 Å². The molecule has 0 aromatic rings. The Bertz CT molecular complexity index is 813. The Kier molecular flexibility index (Phi) is 32.5. The second kappa shape index (κ2) is 34.2. The summed E-state index contributed by atoms with van der Waals surface area (Å²) in [5.41, 5.74) is 0. The summed E-state index contributed by atoms with van der Waals surface area (Å²) >= 11 is 0. The normalized spacial score (nSPS) is 13.5. The molecule has 0 aliphatic heterocycles. The largest absolute Gasteiger partial charge is 0.463 e. The van der Waals surface area contributed by atoms with Crippen LogP contribution in [0.1, 0.15) is 162 Å². The topological polar surface area (TPSA) is 93.1 Å². The van der Waals surface area contributed by atoms with Gasteiger partial charge in [-0.2, -0.15) is 0 Å². The summed E-state index contributed by atoms with van der Waals surface area (Å²) in [7, 11) is 0. The number of aliphatic hydroxyl groups is 2. The fourth-order valence-electron chi connectivity index (χ4n) is 4.93. The van der Waals surface area contributed by atoms with Crippen LogP contribution in [0.3, 0.4) is 0 Å². The lowest BCUT2D eigenvalue weighted by atomic mass is 10.0. The average Bonchev–Trinajstić information content (AvgIpc) is 3.03. The highest BCUT2D eigenvalue weighted by molar-refractivity contribution is 5.69. The lowest BCUT2D eigenvalue weighted by molar-refractivity contribution is -0.152. The van der Waals surface area contributed by atoms with Crippen LogP contribution in [0.2, 0.25) is 0 Å². The molecular formula is C40H70O6. The fourth-order valence-corrected chi connectivity index (χ4v) is 4.93. The van der Waals surface area contributed by atoms with E-state index in [1.165, 1.54) is 57.8 Å². The number of carbonyl (C=O) groups excluding carboxylic acids is 2. The van der Waals surface area contributed by atoms with Crippen LogP contribution in [0.5, 0.6) is 0 Å². The summed E-state index contributed by atoms with van der Waals surface area (Å²) < 4.78 is 10.3. The number of allylic oxidation sites excluding steroid dienone is 7. The minimum absolute atomic E-state index is 0.143. The van der Waals surface area contributed by atoms with Gasteiger partial charge in [0.15, 0.2) is 0 Å². The maximum absolute atomic E-state index is 11.9. The quantitative estimate of drug-likeness (QED) is 0.0429. The van der Waals surface area contributed by atoms with Crippen LogP contribution in [0.4, 0.5) is 0 Å². The highest BCUT2D eigenvalue weighted by Gasteiger charge is 2.12. The van der Waals surface area contributed by atoms with Crippen LogP contribution in [-0.4, -0.2) is 47.6 Å². The van der Waals surface area contributed by atoms with Gasteiger partial charge in [-0.3, -0.25) is 9.59 Å². The number of carbonyl (C=O) groups is 2. The van der Waals surface area contributed by atoms with Gasteiger partial charge >= 0.3 is 11.9 Å². The van der Waals surface area contributed by atoms with Crippen molar-refractivity contribution in [3.05, 3.63) is 48.6 Å². The molecule has 0 aromatic carbocycles. The van der Waals surface area contributed by atoms with E-state index < -0.39 is 6.10 Å². The zero-order valence-electron chi connectivity index (χ0n) is 29.8. The lowest BCUT2D eigenvalue weighted by Gasteiger charge is -2.12. The van der Waals surface area contributed by atoms with Gasteiger partial charge in [-0.1, -0.05) is 153 Å². The van der Waals surface area contributed by atoms with Crippen molar-refractivity contribution in [2.75, 3.05) is 13.2 Å². The standard InChI is InChI=1S/C40H70O6/c1-4-5-30-37(41)31-26-22-18-14-10-6-7-11-15-19-23-27-32-39(43)45-34-38(42)35-46-40(44)33-28-24-20-16-12-8-9-13-17-21-25-29-36(2)3/h6-7,14-15,18-19,26,31,36-38,41-42H,4-5,8-13,16-17,20-25,27-30,32-35H2,1-3H3/b7-6-,18-14-,19-15-,31-26-/t37-,38+/m0/s1. The van der Waals surface area contributed by atoms with Crippen molar-refractivity contribution in [1.82, 2.24) is 0 Å². The minimum atomic E-state index is -0.996. The zero-order valence-corrected chi connectivity index (χ0v) is 29.8. The molecule has 0 spiro atoms. The number of esters is 2. The first-order chi connectivity index (χ1) is 22.3. The summed E-state index contributed by atoms with van der Waals surface area (Å²) in [6.07, 6.45) is 37.9. The fraction of sp³-hybridized carbons (Fsp3) is 0.750. The van der Waals surface area contributed by atoms with E-state index in [1.54, 1.807) is 0 Å². The molecule has 0 aromatic heterocycles. The van der Waals surface area contributed by atoms with Crippen molar-refractivity contribution in [3.63, 3.8) is 0 Å². The van der Waals surface area contributed by atoms with Crippen LogP contribution in [0.25, 0.3) is 0 Å². The highest BCUT2D eigenvalue weighted by atomic mass is 16.6. The molecule has 0 heterocycles. The number of ether oxygens (including phenoxy) is 2. The van der Waals surface area contributed by atoms with E-state index in [4.69, 9.17) is 9.47 Å². The number of hydrogen-bond acceptors (Lipinski definition) is 6. The molecule has 6 nitrogen and oxygen atoms in total. The average molecular weight is 647 g/mol. The van der Waals surface area contributed by atoms with Gasteiger partial charge < -0.3 is 19.7 Å². The molecule has 266 valence electrons. The van der Waals surface area contributed by atoms with E-state index in [2.05, 4.69) is 57.2 Å². The number of aliphatic hydroxyl groups excluding tert-OH is 2. The Morgan fingerprint density at radius 3 is 1.54 bits per heavy atom. The third-order valence-corrected chi connectivity index (χ3v) is 7.82. The molecular weight excluding hydrogens is 576 g/mol. The van der Waals surface area contributed by atoms with Crippen molar-refractivity contribution in [3.8, 4) is 0 Å². The molecule has 0 aliphatic carbocycles. The van der Waals surface area contributed by atoms with Gasteiger partial charge in [0, 0.05) is 12.8 Å². The first kappa shape index (κ1) is 43.8. The second-order valence-corrected chi connectivity index (χ2v) is 13.0. The second-order valence-electron chi connectivity index (χ2n) is 13.0. The number of rotatable bonds is 32. The van der Waals surface area contributed by atoms with Gasteiger partial charge in [0.1, 0.15) is 19.3 Å². The Morgan fingerprint density at radius 1 is 0.565 bits per heavy atom. The van der Waals surface area contributed by atoms with E-state index in [-0.39, 0.29) is 31.3 Å². The van der Waals surface area contributed by atoms with Crippen molar-refractivity contribution in [2.45, 2.75) is 174 Å². The van der Waals surface area contributed by atoms with Crippen molar-refractivity contribution < 1.29 is 29.3 Å². The zero-order chi connectivity index (χ0) is 33.9. The van der Waals surface area contributed by atoms with Crippen LogP contribution >= 0.6 is 0 Å². The molecule has 0 saturated heterocycles. The van der Waals surface area contributed by atoms with Crippen LogP contribution in [0.15, 0.2) is 48.6 Å². The summed E-state index contributed by atoms with van der Waals surface area (Å²) in [6, 6.07) is 0. The SMILES string of the molecule is CCCC[C@H](O)/C=C\C/C=C\C/C=C\C/C=C\CCCC(=O)OC[C@@H](O)COC(=O)CCCCCCCCCCCCCC(C)C. The molecule has 0 saturated carbocycles. The van der Waals surface area contributed by atoms with Gasteiger partial charge in [0.05, 0.1) is 6.10 Å². The molecule has 46 heavy (non-hydrogen) atoms. The molecule has 0 radical (unpaired) electrons. The highest BCUT2D eigenvalue weighted by Crippen LogP contribution is 2.14. The maximum atomic E-state index is 11.9. The summed E-state index contributed by atoms with van der Waals surface area (Å²) in [6.45, 7) is 6.42. The van der Waals surface area contributed by atoms with Crippen molar-refractivity contribution in [2.24, 2.45) is 5.92 Å². The predicted molar refractivity (Wildman–Crippen MR) is 193 cm³/mol. The van der Waals surface area contributed by atoms with E-state index in [1.807, 2.05) is 12.2 Å². The lowest BCUT2D eigenvalue weighted by Crippen LogP contribution is -2.25. The number of unbranched alkanes of at least 4 members (excludes halogenated alkanes) is 12. The Labute approximate surface area is 282 Å². The van der Waals surface area contributed by atoms with Crippen molar-refractivity contribution >= 4 is 11.9 Å². The first-order valence-corrected chi connectivity index (χ1v) is 18.6. The molecule has 6 heteroatoms. The first-order valence-electron chi connectivity index (χ1n) is 18.6. The van der Waals surface area contributed by atoms with Gasteiger partial charge in [0.2, 0.25) is 0 Å². The Balaban J connectivity index is 3.59. The predicted octanol–water partition coefficient (Wildman–Crippen LogP) is 10.3. The van der Waals surface area contributed by atoms with E-state index >= 15 is 0 Å². The molecule has 2 N–H and O–H groups in total. The third-order valence-electron chi connectivity index (χ3n) is 7.82. The molecule has 2 atom stereocenters. The smallest absolute Gasteiger partial charge is 0.305 e. The Hall–Kier alpha value is -2.18. The van der Waals surface area contributed by atoms with E-state index in [0.29, 0.717) is 19.3 Å². The van der Waals surface area contributed by atoms with Crippen LogP contribution < -0.4 is 0 Å². The van der Waals surface area contributed by atoms with Gasteiger partial charge in [-0.25, -0.2) is 0 Å². The molecule has 0 rings (SSSR count). The van der Waals surface area contributed by atoms with Gasteiger partial charge in [-0.05, 0) is 50.9 Å². The van der Waals surface area contributed by atoms with Crippen LogP contribution in [-0.2, 0) is 19.1 Å². The van der Waals surface area contributed by atoms with Gasteiger partial charge in [-0.15, -0.1) is 0 Å².